The molecule has 0 spiro atoms. The van der Waals surface area contributed by atoms with Gasteiger partial charge in [-0.2, -0.15) is 0 Å². The second-order valence-electron chi connectivity index (χ2n) is 7.21. The highest BCUT2D eigenvalue weighted by Crippen LogP contribution is 2.22. The number of amides is 1. The average molecular weight is 519 g/mol. The smallest absolute Gasteiger partial charge is 0.222 e. The predicted molar refractivity (Wildman–Crippen MR) is 129 cm³/mol. The van der Waals surface area contributed by atoms with Gasteiger partial charge in [0.15, 0.2) is 5.96 Å². The third-order valence-electron chi connectivity index (χ3n) is 5.25. The number of anilines is 1. The van der Waals surface area contributed by atoms with Gasteiger partial charge in [-0.25, -0.2) is 0 Å². The van der Waals surface area contributed by atoms with Gasteiger partial charge in [-0.05, 0) is 43.7 Å². The summed E-state index contributed by atoms with van der Waals surface area (Å²) < 4.78 is 0. The Morgan fingerprint density at radius 3 is 2.71 bits per heavy atom. The van der Waals surface area contributed by atoms with Crippen LogP contribution in [-0.4, -0.2) is 74.0 Å². The van der Waals surface area contributed by atoms with E-state index in [4.69, 9.17) is 4.99 Å². The Balaban J connectivity index is 0.00000280. The number of nitrogens with zero attached hydrogens (tertiary/aromatic N) is 4. The molecule has 2 saturated heterocycles. The molecular formula is C20H34IN5OS. The third kappa shape index (κ3) is 6.79. The fourth-order valence-electron chi connectivity index (χ4n) is 3.74. The number of thiophene rings is 1. The lowest BCUT2D eigenvalue weighted by Gasteiger charge is -2.37. The van der Waals surface area contributed by atoms with Crippen molar-refractivity contribution in [1.29, 1.82) is 0 Å². The Labute approximate surface area is 190 Å². The van der Waals surface area contributed by atoms with E-state index in [2.05, 4.69) is 39.6 Å². The maximum absolute atomic E-state index is 12.1. The van der Waals surface area contributed by atoms with Crippen molar-refractivity contribution in [3.8, 4) is 0 Å². The SMILES string of the molecule is CCNC(=NCCCN1CCCCCC1=O)N1CCN(c2cccs2)CC1.I. The molecule has 6 nitrogen and oxygen atoms in total. The van der Waals surface area contributed by atoms with E-state index in [1.54, 1.807) is 0 Å². The summed E-state index contributed by atoms with van der Waals surface area (Å²) in [7, 11) is 0. The zero-order valence-electron chi connectivity index (χ0n) is 16.9. The highest BCUT2D eigenvalue weighted by Gasteiger charge is 2.20. The van der Waals surface area contributed by atoms with Crippen LogP contribution in [0.5, 0.6) is 0 Å². The molecular weight excluding hydrogens is 485 g/mol. The molecule has 2 aliphatic heterocycles. The summed E-state index contributed by atoms with van der Waals surface area (Å²) in [6.07, 6.45) is 5.04. The summed E-state index contributed by atoms with van der Waals surface area (Å²) in [5, 5.41) is 6.94. The summed E-state index contributed by atoms with van der Waals surface area (Å²) in [4.78, 5) is 23.8. The molecule has 0 aliphatic carbocycles. The summed E-state index contributed by atoms with van der Waals surface area (Å²) in [5.41, 5.74) is 0. The molecule has 0 bridgehead atoms. The monoisotopic (exact) mass is 519 g/mol. The molecule has 1 N–H and O–H groups in total. The minimum absolute atomic E-state index is 0. The standard InChI is InChI=1S/C20H33N5OS.HI/c1-2-21-20(22-10-7-12-23-11-5-3-4-8-18(23)26)25-15-13-24(14-16-25)19-9-6-17-27-19;/h6,9,17H,2-5,7-8,10-16H2,1H3,(H,21,22);1H. The Hall–Kier alpha value is -1.03. The second-order valence-corrected chi connectivity index (χ2v) is 8.13. The van der Waals surface area contributed by atoms with E-state index >= 15 is 0 Å². The zero-order valence-corrected chi connectivity index (χ0v) is 20.1. The molecule has 2 aliphatic rings. The zero-order chi connectivity index (χ0) is 18.9. The molecule has 2 fully saturated rings. The van der Waals surface area contributed by atoms with Crippen molar-refractivity contribution >= 4 is 52.2 Å². The quantitative estimate of drug-likeness (QED) is 0.272. The lowest BCUT2D eigenvalue weighted by molar-refractivity contribution is -0.130. The van der Waals surface area contributed by atoms with Crippen molar-refractivity contribution in [2.24, 2.45) is 4.99 Å². The second kappa shape index (κ2) is 12.5. The van der Waals surface area contributed by atoms with Crippen LogP contribution < -0.4 is 10.2 Å². The van der Waals surface area contributed by atoms with Crippen LogP contribution in [0, 0.1) is 0 Å². The first-order valence-electron chi connectivity index (χ1n) is 10.4. The summed E-state index contributed by atoms with van der Waals surface area (Å²) in [5.74, 6) is 1.35. The molecule has 28 heavy (non-hydrogen) atoms. The first-order chi connectivity index (χ1) is 13.3. The number of nitrogens with one attached hydrogen (secondary N) is 1. The number of halogens is 1. The van der Waals surface area contributed by atoms with Gasteiger partial charge in [0.05, 0.1) is 5.00 Å². The van der Waals surface area contributed by atoms with E-state index < -0.39 is 0 Å². The summed E-state index contributed by atoms with van der Waals surface area (Å²) in [6.45, 7) is 9.60. The molecule has 1 aromatic heterocycles. The van der Waals surface area contributed by atoms with E-state index in [1.807, 2.05) is 16.2 Å². The predicted octanol–water partition coefficient (Wildman–Crippen LogP) is 3.25. The van der Waals surface area contributed by atoms with Crippen LogP contribution in [0.2, 0.25) is 0 Å². The molecule has 8 heteroatoms. The number of piperazine rings is 1. The Morgan fingerprint density at radius 2 is 2.00 bits per heavy atom. The van der Waals surface area contributed by atoms with Gasteiger partial charge >= 0.3 is 0 Å². The first-order valence-corrected chi connectivity index (χ1v) is 11.3. The van der Waals surface area contributed by atoms with E-state index in [0.717, 1.165) is 84.0 Å². The van der Waals surface area contributed by atoms with Gasteiger partial charge < -0.3 is 20.0 Å². The van der Waals surface area contributed by atoms with Gasteiger partial charge in [-0.3, -0.25) is 9.79 Å². The highest BCUT2D eigenvalue weighted by atomic mass is 127. The van der Waals surface area contributed by atoms with Crippen LogP contribution in [0.1, 0.15) is 39.0 Å². The number of hydrogen-bond donors (Lipinski definition) is 1. The van der Waals surface area contributed by atoms with Gasteiger partial charge in [-0.15, -0.1) is 35.3 Å². The number of guanidine groups is 1. The summed E-state index contributed by atoms with van der Waals surface area (Å²) >= 11 is 1.81. The highest BCUT2D eigenvalue weighted by molar-refractivity contribution is 14.0. The fourth-order valence-corrected chi connectivity index (χ4v) is 4.52. The van der Waals surface area contributed by atoms with Gasteiger partial charge in [0.2, 0.25) is 5.91 Å². The topological polar surface area (TPSA) is 51.2 Å². The number of hydrogen-bond acceptors (Lipinski definition) is 4. The molecule has 3 rings (SSSR count). The van der Waals surface area contributed by atoms with E-state index in [0.29, 0.717) is 5.91 Å². The lowest BCUT2D eigenvalue weighted by Crippen LogP contribution is -2.52. The molecule has 1 amide bonds. The minimum Gasteiger partial charge on any atom is -0.360 e. The Bertz CT molecular complexity index is 602. The molecule has 0 aromatic carbocycles. The lowest BCUT2D eigenvalue weighted by atomic mass is 10.2. The fraction of sp³-hybridized carbons (Fsp3) is 0.700. The van der Waals surface area contributed by atoms with Crippen LogP contribution >= 0.6 is 35.3 Å². The number of carbonyl (C=O) groups excluding carboxylic acids is 1. The van der Waals surface area contributed by atoms with Crippen molar-refractivity contribution in [3.63, 3.8) is 0 Å². The molecule has 158 valence electrons. The van der Waals surface area contributed by atoms with Gasteiger partial charge in [0, 0.05) is 58.8 Å². The minimum atomic E-state index is 0. The number of rotatable bonds is 6. The van der Waals surface area contributed by atoms with E-state index in [-0.39, 0.29) is 24.0 Å². The van der Waals surface area contributed by atoms with Crippen molar-refractivity contribution in [1.82, 2.24) is 15.1 Å². The molecule has 0 saturated carbocycles. The molecule has 0 radical (unpaired) electrons. The van der Waals surface area contributed by atoms with E-state index in [1.165, 1.54) is 11.4 Å². The van der Waals surface area contributed by atoms with Gasteiger partial charge in [0.1, 0.15) is 0 Å². The van der Waals surface area contributed by atoms with Crippen molar-refractivity contribution in [2.75, 3.05) is 57.3 Å². The molecule has 0 atom stereocenters. The summed E-state index contributed by atoms with van der Waals surface area (Å²) in [6, 6.07) is 4.32. The van der Waals surface area contributed by atoms with Crippen LogP contribution in [0.4, 0.5) is 5.00 Å². The third-order valence-corrected chi connectivity index (χ3v) is 6.18. The number of carbonyl (C=O) groups is 1. The molecule has 3 heterocycles. The first kappa shape index (κ1) is 23.3. The van der Waals surface area contributed by atoms with Crippen molar-refractivity contribution in [2.45, 2.75) is 39.0 Å². The van der Waals surface area contributed by atoms with Crippen LogP contribution in [0.3, 0.4) is 0 Å². The Kier molecular flexibility index (Phi) is 10.4. The maximum Gasteiger partial charge on any atom is 0.222 e. The molecule has 0 unspecified atom stereocenters. The Morgan fingerprint density at radius 1 is 1.18 bits per heavy atom. The van der Waals surface area contributed by atoms with Gasteiger partial charge in [0.25, 0.3) is 0 Å². The van der Waals surface area contributed by atoms with Crippen LogP contribution in [-0.2, 0) is 4.79 Å². The number of likely N-dealkylation sites (tertiary alicyclic amines) is 1. The maximum atomic E-state index is 12.1. The normalized spacial score (nSPS) is 18.7. The average Bonchev–Trinajstić information content (AvgIpc) is 3.15. The van der Waals surface area contributed by atoms with Crippen molar-refractivity contribution in [3.05, 3.63) is 17.5 Å². The van der Waals surface area contributed by atoms with Crippen LogP contribution in [0.25, 0.3) is 0 Å². The van der Waals surface area contributed by atoms with E-state index in [9.17, 15) is 4.79 Å². The molecule has 1 aromatic rings. The largest absolute Gasteiger partial charge is 0.360 e. The van der Waals surface area contributed by atoms with Crippen LogP contribution in [0.15, 0.2) is 22.5 Å². The van der Waals surface area contributed by atoms with Crippen molar-refractivity contribution < 1.29 is 4.79 Å². The van der Waals surface area contributed by atoms with Gasteiger partial charge in [-0.1, -0.05) is 6.42 Å². The number of aliphatic imine (C=N–C) groups is 1.